The van der Waals surface area contributed by atoms with Gasteiger partial charge in [-0.1, -0.05) is 23.4 Å². The van der Waals surface area contributed by atoms with Crippen molar-refractivity contribution in [3.8, 4) is 11.3 Å². The Bertz CT molecular complexity index is 1780. The summed E-state index contributed by atoms with van der Waals surface area (Å²) in [6, 6.07) is 9.04. The Morgan fingerprint density at radius 3 is 2.75 bits per heavy atom. The fourth-order valence-corrected chi connectivity index (χ4v) is 5.16. The molecule has 1 aliphatic rings. The van der Waals surface area contributed by atoms with Gasteiger partial charge < -0.3 is 15.2 Å². The van der Waals surface area contributed by atoms with Crippen LogP contribution in [0.3, 0.4) is 0 Å². The van der Waals surface area contributed by atoms with Crippen molar-refractivity contribution < 1.29 is 22.9 Å². The van der Waals surface area contributed by atoms with Gasteiger partial charge in [0.2, 0.25) is 0 Å². The Morgan fingerprint density at radius 1 is 1.15 bits per heavy atom. The van der Waals surface area contributed by atoms with E-state index < -0.39 is 17.4 Å². The lowest BCUT2D eigenvalue weighted by Crippen LogP contribution is -2.37. The van der Waals surface area contributed by atoms with Crippen LogP contribution in [0.2, 0.25) is 0 Å². The first-order valence-corrected chi connectivity index (χ1v) is 12.6. The topological polar surface area (TPSA) is 133 Å². The van der Waals surface area contributed by atoms with Gasteiger partial charge in [0.25, 0.3) is 0 Å². The van der Waals surface area contributed by atoms with Crippen molar-refractivity contribution in [1.29, 1.82) is 0 Å². The summed E-state index contributed by atoms with van der Waals surface area (Å²) in [5, 5.41) is 9.20. The minimum Gasteiger partial charge on any atom is -0.383 e. The molecule has 0 spiro atoms. The molecule has 202 valence electrons. The van der Waals surface area contributed by atoms with Crippen molar-refractivity contribution in [2.75, 3.05) is 23.7 Å². The molecule has 0 amide bonds. The number of nitrogens with zero attached hydrogens (tertiary/aromatic N) is 6. The molecule has 1 saturated heterocycles. The maximum Gasteiger partial charge on any atom is 0.193 e. The smallest absolute Gasteiger partial charge is 0.193 e. The van der Waals surface area contributed by atoms with E-state index in [2.05, 4.69) is 15.1 Å². The van der Waals surface area contributed by atoms with Gasteiger partial charge in [-0.25, -0.2) is 23.4 Å². The van der Waals surface area contributed by atoms with Gasteiger partial charge >= 0.3 is 0 Å². The number of hydrogen-bond donors (Lipinski definition) is 1. The number of aromatic nitrogens is 5. The number of nitrogens with two attached hydrogens (primary N) is 1. The van der Waals surface area contributed by atoms with Crippen LogP contribution in [0.1, 0.15) is 50.9 Å². The number of piperidine rings is 1. The molecule has 0 saturated carbocycles. The van der Waals surface area contributed by atoms with Crippen molar-refractivity contribution >= 4 is 34.7 Å². The van der Waals surface area contributed by atoms with E-state index in [1.807, 2.05) is 4.90 Å². The van der Waals surface area contributed by atoms with Crippen LogP contribution >= 0.6 is 0 Å². The highest BCUT2D eigenvalue weighted by atomic mass is 19.1. The Kier molecular flexibility index (Phi) is 6.29. The summed E-state index contributed by atoms with van der Waals surface area (Å²) < 4.78 is 36.1. The maximum atomic E-state index is 15.6. The number of anilines is 2. The molecular formula is C28H23F2N7O3. The SMILES string of the molecule is Cc1onc(N2CCCC(n3nc(-c4ccc(C(=O)c5cccc(F)c5)cc4F)c4c(N)ncnc43)C2)c1C=O. The average Bonchev–Trinajstić information content (AvgIpc) is 3.54. The largest absolute Gasteiger partial charge is 0.383 e. The van der Waals surface area contributed by atoms with Crippen LogP contribution < -0.4 is 10.6 Å². The van der Waals surface area contributed by atoms with Gasteiger partial charge in [0.15, 0.2) is 23.5 Å². The van der Waals surface area contributed by atoms with E-state index >= 15 is 4.39 Å². The molecule has 6 rings (SSSR count). The first-order chi connectivity index (χ1) is 19.4. The van der Waals surface area contributed by atoms with Crippen molar-refractivity contribution in [1.82, 2.24) is 24.9 Å². The number of aryl methyl sites for hydroxylation is 1. The summed E-state index contributed by atoms with van der Waals surface area (Å²) in [6.07, 6.45) is 3.57. The number of rotatable bonds is 6. The third-order valence-electron chi connectivity index (χ3n) is 7.14. The number of nitrogen functional groups attached to an aromatic ring is 1. The highest BCUT2D eigenvalue weighted by Gasteiger charge is 2.30. The van der Waals surface area contributed by atoms with Gasteiger partial charge in [-0.05, 0) is 44.0 Å². The van der Waals surface area contributed by atoms with Gasteiger partial charge in [-0.15, -0.1) is 0 Å². The van der Waals surface area contributed by atoms with Gasteiger partial charge in [-0.3, -0.25) is 9.59 Å². The molecule has 0 aliphatic carbocycles. The minimum absolute atomic E-state index is 0.0663. The Labute approximate surface area is 226 Å². The predicted octanol–water partition coefficient (Wildman–Crippen LogP) is 4.54. The highest BCUT2D eigenvalue weighted by molar-refractivity contribution is 6.09. The second-order valence-electron chi connectivity index (χ2n) is 9.62. The first kappa shape index (κ1) is 25.3. The van der Waals surface area contributed by atoms with Crippen LogP contribution in [0, 0.1) is 18.6 Å². The molecule has 2 aromatic carbocycles. The fourth-order valence-electron chi connectivity index (χ4n) is 5.16. The van der Waals surface area contributed by atoms with Crippen LogP contribution in [-0.4, -0.2) is 50.1 Å². The minimum atomic E-state index is -0.698. The second-order valence-corrected chi connectivity index (χ2v) is 9.62. The number of carbonyl (C=O) groups is 2. The summed E-state index contributed by atoms with van der Waals surface area (Å²) in [7, 11) is 0. The zero-order valence-electron chi connectivity index (χ0n) is 21.3. The molecule has 1 atom stereocenters. The average molecular weight is 544 g/mol. The number of aldehydes is 1. The summed E-state index contributed by atoms with van der Waals surface area (Å²) >= 11 is 0. The fraction of sp³-hybridized carbons (Fsp3) is 0.214. The van der Waals surface area contributed by atoms with Crippen molar-refractivity contribution in [2.24, 2.45) is 0 Å². The van der Waals surface area contributed by atoms with Crippen LogP contribution in [0.4, 0.5) is 20.4 Å². The molecule has 5 aromatic rings. The summed E-state index contributed by atoms with van der Waals surface area (Å²) in [6.45, 7) is 2.80. The summed E-state index contributed by atoms with van der Waals surface area (Å²) in [4.78, 5) is 34.9. The van der Waals surface area contributed by atoms with Crippen LogP contribution in [0.15, 0.2) is 53.3 Å². The molecule has 1 unspecified atom stereocenters. The van der Waals surface area contributed by atoms with E-state index in [-0.39, 0.29) is 34.2 Å². The van der Waals surface area contributed by atoms with E-state index in [1.54, 1.807) is 11.6 Å². The van der Waals surface area contributed by atoms with Crippen LogP contribution in [0.25, 0.3) is 22.3 Å². The Hall–Kier alpha value is -5.00. The maximum absolute atomic E-state index is 15.6. The number of halogens is 2. The highest BCUT2D eigenvalue weighted by Crippen LogP contribution is 2.36. The molecule has 10 nitrogen and oxygen atoms in total. The second kappa shape index (κ2) is 9.95. The molecule has 1 fully saturated rings. The molecule has 2 N–H and O–H groups in total. The number of hydrogen-bond acceptors (Lipinski definition) is 9. The Morgan fingerprint density at radius 2 is 1.98 bits per heavy atom. The third-order valence-corrected chi connectivity index (χ3v) is 7.14. The number of fused-ring (bicyclic) bond motifs is 1. The zero-order chi connectivity index (χ0) is 28.0. The molecule has 0 bridgehead atoms. The Balaban J connectivity index is 1.39. The summed E-state index contributed by atoms with van der Waals surface area (Å²) in [5.41, 5.74) is 7.58. The van der Waals surface area contributed by atoms with Gasteiger partial charge in [-0.2, -0.15) is 5.10 Å². The number of carbonyl (C=O) groups excluding carboxylic acids is 2. The molecule has 0 radical (unpaired) electrons. The van der Waals surface area contributed by atoms with E-state index in [9.17, 15) is 14.0 Å². The molecule has 4 heterocycles. The zero-order valence-corrected chi connectivity index (χ0v) is 21.3. The lowest BCUT2D eigenvalue weighted by Gasteiger charge is -2.33. The molecule has 1 aliphatic heterocycles. The van der Waals surface area contributed by atoms with E-state index in [4.69, 9.17) is 15.4 Å². The molecule has 40 heavy (non-hydrogen) atoms. The van der Waals surface area contributed by atoms with Gasteiger partial charge in [0.1, 0.15) is 40.8 Å². The monoisotopic (exact) mass is 543 g/mol. The predicted molar refractivity (Wildman–Crippen MR) is 142 cm³/mol. The van der Waals surface area contributed by atoms with Gasteiger partial charge in [0, 0.05) is 29.8 Å². The van der Waals surface area contributed by atoms with Crippen molar-refractivity contribution in [2.45, 2.75) is 25.8 Å². The van der Waals surface area contributed by atoms with E-state index in [0.717, 1.165) is 31.3 Å². The standard InChI is InChI=1S/C28H23F2N7O3/c1-15-21(13-38)27(35-40-15)36-9-3-6-19(12-36)37-28-23(26(31)32-14-33-28)24(34-37)20-8-7-17(11-22(20)30)25(39)16-4-2-5-18(29)10-16/h2,4-5,7-8,10-11,13-14,19H,3,6,9,12H2,1H3,(H2,31,32,33). The van der Waals surface area contributed by atoms with Gasteiger partial charge in [0.05, 0.1) is 11.4 Å². The van der Waals surface area contributed by atoms with Crippen molar-refractivity contribution in [3.63, 3.8) is 0 Å². The van der Waals surface area contributed by atoms with Crippen LogP contribution in [-0.2, 0) is 0 Å². The molecule has 12 heteroatoms. The molecular weight excluding hydrogens is 520 g/mol. The quantitative estimate of drug-likeness (QED) is 0.242. The van der Waals surface area contributed by atoms with E-state index in [1.165, 1.54) is 36.7 Å². The number of ketones is 1. The number of benzene rings is 2. The van der Waals surface area contributed by atoms with E-state index in [0.29, 0.717) is 41.3 Å². The lowest BCUT2D eigenvalue weighted by atomic mass is 10.00. The lowest BCUT2D eigenvalue weighted by molar-refractivity contribution is 0.103. The molecule has 3 aromatic heterocycles. The first-order valence-electron chi connectivity index (χ1n) is 12.6. The third kappa shape index (κ3) is 4.27. The summed E-state index contributed by atoms with van der Waals surface area (Å²) in [5.74, 6) is -0.729. The van der Waals surface area contributed by atoms with Crippen LogP contribution in [0.5, 0.6) is 0 Å². The normalized spacial score (nSPS) is 15.5. The van der Waals surface area contributed by atoms with Crippen molar-refractivity contribution in [3.05, 3.63) is 82.9 Å².